The second-order valence-electron chi connectivity index (χ2n) is 8.79. The Kier molecular flexibility index (Phi) is 7.09. The predicted molar refractivity (Wildman–Crippen MR) is 127 cm³/mol. The van der Waals surface area contributed by atoms with Crippen LogP contribution in [0, 0.1) is 5.92 Å². The first-order valence-electron chi connectivity index (χ1n) is 11.9. The molecule has 1 atom stereocenters. The Morgan fingerprint density at radius 3 is 2.50 bits per heavy atom. The van der Waals surface area contributed by atoms with E-state index in [1.165, 1.54) is 27.5 Å². The second kappa shape index (κ2) is 9.87. The average Bonchev–Trinajstić information content (AvgIpc) is 3.40. The molecule has 1 aromatic carbocycles. The molecule has 10 heteroatoms. The highest BCUT2D eigenvalue weighted by Crippen LogP contribution is 2.25. The number of likely N-dealkylation sites (tertiary alicyclic amines) is 1. The molecule has 34 heavy (non-hydrogen) atoms. The van der Waals surface area contributed by atoms with Crippen molar-refractivity contribution >= 4 is 32.8 Å². The summed E-state index contributed by atoms with van der Waals surface area (Å²) in [6.07, 6.45) is 4.45. The Labute approximate surface area is 199 Å². The van der Waals surface area contributed by atoms with Gasteiger partial charge in [0.25, 0.3) is 5.91 Å². The number of pyridine rings is 1. The number of benzene rings is 1. The van der Waals surface area contributed by atoms with Gasteiger partial charge in [0.05, 0.1) is 22.9 Å². The van der Waals surface area contributed by atoms with Crippen LogP contribution in [-0.2, 0) is 26.1 Å². The number of hydrogen-bond acceptors (Lipinski definition) is 6. The number of amides is 1. The fourth-order valence-electron chi connectivity index (χ4n) is 4.81. The minimum Gasteiger partial charge on any atom is -0.466 e. The highest BCUT2D eigenvalue weighted by Gasteiger charge is 2.32. The maximum absolute atomic E-state index is 13.4. The highest BCUT2D eigenvalue weighted by atomic mass is 32.2. The summed E-state index contributed by atoms with van der Waals surface area (Å²) in [5.41, 5.74) is 0.0588. The van der Waals surface area contributed by atoms with Gasteiger partial charge in [-0.25, -0.2) is 8.42 Å². The maximum Gasteiger partial charge on any atom is 0.310 e. The molecule has 2 saturated heterocycles. The highest BCUT2D eigenvalue weighted by molar-refractivity contribution is 7.89. The fraction of sp³-hybridized carbons (Fsp3) is 0.542. The van der Waals surface area contributed by atoms with Crippen LogP contribution in [0.5, 0.6) is 0 Å². The standard InChI is InChI=1S/C24H31N3O6S/c1-3-25-16-20(23(29)26-11-7-8-17(15-26)24(30)33-4-2)22(28)19-14-18(9-10-21(19)25)34(31,32)27-12-5-6-13-27/h9-10,14,16-17H,3-8,11-13,15H2,1-2H3/t17-/m0/s1. The van der Waals surface area contributed by atoms with Crippen LogP contribution < -0.4 is 5.43 Å². The van der Waals surface area contributed by atoms with E-state index in [0.717, 1.165) is 12.8 Å². The molecule has 0 radical (unpaired) electrons. The molecule has 0 aliphatic carbocycles. The van der Waals surface area contributed by atoms with Gasteiger partial charge in [-0.3, -0.25) is 14.4 Å². The van der Waals surface area contributed by atoms with Gasteiger partial charge in [0.15, 0.2) is 0 Å². The molecule has 2 aliphatic heterocycles. The third-order valence-corrected chi connectivity index (χ3v) is 8.55. The van der Waals surface area contributed by atoms with Crippen molar-refractivity contribution in [3.63, 3.8) is 0 Å². The number of ether oxygens (including phenoxy) is 1. The molecule has 184 valence electrons. The molecular formula is C24H31N3O6S. The molecule has 1 aromatic heterocycles. The Balaban J connectivity index is 1.73. The molecular weight excluding hydrogens is 458 g/mol. The van der Waals surface area contributed by atoms with Crippen molar-refractivity contribution in [2.45, 2.75) is 51.0 Å². The molecule has 0 unspecified atom stereocenters. The van der Waals surface area contributed by atoms with Gasteiger partial charge in [-0.05, 0) is 57.7 Å². The minimum atomic E-state index is -3.70. The molecule has 0 spiro atoms. The maximum atomic E-state index is 13.4. The van der Waals surface area contributed by atoms with E-state index in [0.29, 0.717) is 44.5 Å². The smallest absolute Gasteiger partial charge is 0.310 e. The summed E-state index contributed by atoms with van der Waals surface area (Å²) in [6, 6.07) is 4.55. The lowest BCUT2D eigenvalue weighted by Gasteiger charge is -2.31. The molecule has 2 aromatic rings. The number of esters is 1. The summed E-state index contributed by atoms with van der Waals surface area (Å²) in [6.45, 7) is 5.99. The number of aromatic nitrogens is 1. The normalized spacial score (nSPS) is 19.5. The summed E-state index contributed by atoms with van der Waals surface area (Å²) in [5.74, 6) is -1.19. The van der Waals surface area contributed by atoms with E-state index in [-0.39, 0.29) is 35.0 Å². The lowest BCUT2D eigenvalue weighted by atomic mass is 9.97. The van der Waals surface area contributed by atoms with E-state index >= 15 is 0 Å². The summed E-state index contributed by atoms with van der Waals surface area (Å²) in [7, 11) is -3.70. The van der Waals surface area contributed by atoms with Gasteiger partial charge in [-0.15, -0.1) is 0 Å². The van der Waals surface area contributed by atoms with E-state index in [4.69, 9.17) is 4.74 Å². The first-order chi connectivity index (χ1) is 16.3. The number of piperidine rings is 1. The van der Waals surface area contributed by atoms with Crippen molar-refractivity contribution < 1.29 is 22.7 Å². The predicted octanol–water partition coefficient (Wildman–Crippen LogP) is 2.22. The fourth-order valence-corrected chi connectivity index (χ4v) is 6.36. The lowest BCUT2D eigenvalue weighted by Crippen LogP contribution is -2.44. The van der Waals surface area contributed by atoms with Gasteiger partial charge in [-0.1, -0.05) is 0 Å². The van der Waals surface area contributed by atoms with Gasteiger partial charge in [-0.2, -0.15) is 4.31 Å². The Bertz CT molecular complexity index is 1260. The molecule has 2 fully saturated rings. The lowest BCUT2D eigenvalue weighted by molar-refractivity contribution is -0.149. The Hall–Kier alpha value is -2.72. The van der Waals surface area contributed by atoms with Crippen molar-refractivity contribution in [2.75, 3.05) is 32.8 Å². The number of hydrogen-bond donors (Lipinski definition) is 0. The minimum absolute atomic E-state index is 0.0189. The van der Waals surface area contributed by atoms with Crippen molar-refractivity contribution in [3.8, 4) is 0 Å². The summed E-state index contributed by atoms with van der Waals surface area (Å²) in [5, 5.41) is 0.201. The summed E-state index contributed by atoms with van der Waals surface area (Å²) >= 11 is 0. The second-order valence-corrected chi connectivity index (χ2v) is 10.7. The molecule has 1 amide bonds. The molecule has 3 heterocycles. The molecule has 2 aliphatic rings. The van der Waals surface area contributed by atoms with Crippen LogP contribution in [0.15, 0.2) is 34.1 Å². The quantitative estimate of drug-likeness (QED) is 0.576. The van der Waals surface area contributed by atoms with Crippen LogP contribution in [0.3, 0.4) is 0 Å². The van der Waals surface area contributed by atoms with Gasteiger partial charge < -0.3 is 14.2 Å². The van der Waals surface area contributed by atoms with Crippen molar-refractivity contribution in [3.05, 3.63) is 40.2 Å². The van der Waals surface area contributed by atoms with Crippen molar-refractivity contribution in [1.82, 2.24) is 13.8 Å². The number of sulfonamides is 1. The number of rotatable bonds is 6. The number of fused-ring (bicyclic) bond motifs is 1. The Morgan fingerprint density at radius 1 is 1.09 bits per heavy atom. The SMILES string of the molecule is CCOC(=O)[C@H]1CCCN(C(=O)c2cn(CC)c3ccc(S(=O)(=O)N4CCCC4)cc3c2=O)C1. The van der Waals surface area contributed by atoms with Gasteiger partial charge in [0.1, 0.15) is 5.56 Å². The molecule has 4 rings (SSSR count). The van der Waals surface area contributed by atoms with E-state index in [1.807, 2.05) is 6.92 Å². The zero-order chi connectivity index (χ0) is 24.5. The van der Waals surface area contributed by atoms with Crippen LogP contribution in [0.4, 0.5) is 0 Å². The van der Waals surface area contributed by atoms with Crippen molar-refractivity contribution in [2.24, 2.45) is 5.92 Å². The first kappa shape index (κ1) is 24.4. The first-order valence-corrected chi connectivity index (χ1v) is 13.3. The molecule has 0 N–H and O–H groups in total. The summed E-state index contributed by atoms with van der Waals surface area (Å²) in [4.78, 5) is 40.6. The number of aryl methyl sites for hydroxylation is 1. The van der Waals surface area contributed by atoms with Crippen LogP contribution in [-0.4, -0.2) is 66.9 Å². The summed E-state index contributed by atoms with van der Waals surface area (Å²) < 4.78 is 34.5. The van der Waals surface area contributed by atoms with Crippen LogP contribution in [0.2, 0.25) is 0 Å². The van der Waals surface area contributed by atoms with E-state index in [2.05, 4.69) is 0 Å². The van der Waals surface area contributed by atoms with Gasteiger partial charge in [0.2, 0.25) is 15.5 Å². The molecule has 9 nitrogen and oxygen atoms in total. The van der Waals surface area contributed by atoms with Crippen LogP contribution in [0.25, 0.3) is 10.9 Å². The molecule has 0 saturated carbocycles. The topological polar surface area (TPSA) is 106 Å². The Morgan fingerprint density at radius 2 is 1.82 bits per heavy atom. The monoisotopic (exact) mass is 489 g/mol. The van der Waals surface area contributed by atoms with Gasteiger partial charge in [0, 0.05) is 44.3 Å². The van der Waals surface area contributed by atoms with Crippen LogP contribution in [0.1, 0.15) is 49.9 Å². The number of carbonyl (C=O) groups excluding carboxylic acids is 2. The van der Waals surface area contributed by atoms with Crippen LogP contribution >= 0.6 is 0 Å². The number of nitrogens with zero attached hydrogens (tertiary/aromatic N) is 3. The average molecular weight is 490 g/mol. The largest absolute Gasteiger partial charge is 0.466 e. The van der Waals surface area contributed by atoms with Gasteiger partial charge >= 0.3 is 5.97 Å². The van der Waals surface area contributed by atoms with Crippen molar-refractivity contribution in [1.29, 1.82) is 0 Å². The van der Waals surface area contributed by atoms with E-state index < -0.39 is 27.3 Å². The zero-order valence-electron chi connectivity index (χ0n) is 19.7. The van der Waals surface area contributed by atoms with E-state index in [1.54, 1.807) is 17.6 Å². The molecule has 0 bridgehead atoms. The zero-order valence-corrected chi connectivity index (χ0v) is 20.5. The third-order valence-electron chi connectivity index (χ3n) is 6.65. The number of carbonyl (C=O) groups is 2. The third kappa shape index (κ3) is 4.48. The van der Waals surface area contributed by atoms with E-state index in [9.17, 15) is 22.8 Å².